The van der Waals surface area contributed by atoms with Gasteiger partial charge in [0.15, 0.2) is 4.80 Å². The third-order valence-electron chi connectivity index (χ3n) is 7.37. The van der Waals surface area contributed by atoms with Crippen LogP contribution in [0.4, 0.5) is 10.1 Å². The van der Waals surface area contributed by atoms with E-state index in [0.29, 0.717) is 55.0 Å². The predicted octanol–water partition coefficient (Wildman–Crippen LogP) is 6.64. The largest absolute Gasteiger partial charge is 0.494 e. The van der Waals surface area contributed by atoms with Crippen LogP contribution in [0.5, 0.6) is 11.5 Å². The molecule has 1 aliphatic rings. The van der Waals surface area contributed by atoms with Gasteiger partial charge in [-0.05, 0) is 85.6 Å². The maximum Gasteiger partial charge on any atom is 0.271 e. The molecule has 0 spiro atoms. The van der Waals surface area contributed by atoms with Crippen LogP contribution < -0.4 is 29.7 Å². The number of anilines is 1. The van der Waals surface area contributed by atoms with Crippen LogP contribution in [0, 0.1) is 5.82 Å². The normalized spacial score (nSPS) is 14.4. The van der Waals surface area contributed by atoms with Crippen LogP contribution >= 0.6 is 22.9 Å². The molecule has 10 heteroatoms. The minimum atomic E-state index is -0.744. The standard InChI is InChI=1S/C36H29ClFN3O4S/c1-3-44-29-16-11-24(12-17-29)33-32(34(42)40-28-7-5-4-6-8-28)22(2)39-36-41(33)35(43)31(46-36)20-25-19-26(37)13-18-30(25)45-21-23-9-14-27(38)15-10-23/h4-20,33H,3,21H2,1-2H3,(H,40,42)/b31-20-/t33-/m0/s1. The summed E-state index contributed by atoms with van der Waals surface area (Å²) in [5.41, 5.74) is 3.29. The zero-order valence-corrected chi connectivity index (χ0v) is 26.6. The fourth-order valence-electron chi connectivity index (χ4n) is 5.21. The average Bonchev–Trinajstić information content (AvgIpc) is 3.35. The van der Waals surface area contributed by atoms with E-state index in [1.54, 1.807) is 60.0 Å². The Morgan fingerprint density at radius 3 is 2.48 bits per heavy atom. The van der Waals surface area contributed by atoms with E-state index >= 15 is 0 Å². The third-order valence-corrected chi connectivity index (χ3v) is 8.59. The van der Waals surface area contributed by atoms with Gasteiger partial charge in [0.2, 0.25) is 0 Å². The van der Waals surface area contributed by atoms with Gasteiger partial charge in [-0.25, -0.2) is 9.38 Å². The molecule has 1 aliphatic heterocycles. The van der Waals surface area contributed by atoms with Crippen molar-refractivity contribution in [3.05, 3.63) is 156 Å². The summed E-state index contributed by atoms with van der Waals surface area (Å²) >= 11 is 7.58. The molecule has 0 bridgehead atoms. The number of benzene rings is 4. The molecule has 5 aromatic rings. The van der Waals surface area contributed by atoms with Crippen molar-refractivity contribution in [1.82, 2.24) is 4.57 Å². The molecule has 0 aliphatic carbocycles. The van der Waals surface area contributed by atoms with E-state index in [4.69, 9.17) is 26.1 Å². The highest BCUT2D eigenvalue weighted by Gasteiger charge is 2.32. The van der Waals surface area contributed by atoms with Gasteiger partial charge in [0.25, 0.3) is 11.5 Å². The summed E-state index contributed by atoms with van der Waals surface area (Å²) in [5, 5.41) is 3.43. The zero-order valence-electron chi connectivity index (χ0n) is 25.0. The van der Waals surface area contributed by atoms with Crippen molar-refractivity contribution in [3.63, 3.8) is 0 Å². The number of carbonyl (C=O) groups excluding carboxylic acids is 1. The second-order valence-corrected chi connectivity index (χ2v) is 11.9. The van der Waals surface area contributed by atoms with Crippen LogP contribution in [0.1, 0.15) is 36.6 Å². The monoisotopic (exact) mass is 653 g/mol. The first-order chi connectivity index (χ1) is 22.3. The van der Waals surface area contributed by atoms with Crippen molar-refractivity contribution >= 4 is 40.6 Å². The summed E-state index contributed by atoms with van der Waals surface area (Å²) in [6.07, 6.45) is 1.72. The topological polar surface area (TPSA) is 81.9 Å². The zero-order chi connectivity index (χ0) is 32.2. The van der Waals surface area contributed by atoms with Crippen LogP contribution in [0.25, 0.3) is 6.08 Å². The summed E-state index contributed by atoms with van der Waals surface area (Å²) in [7, 11) is 0. The summed E-state index contributed by atoms with van der Waals surface area (Å²) in [6.45, 7) is 4.39. The molecule has 0 fully saturated rings. The van der Waals surface area contributed by atoms with Crippen molar-refractivity contribution in [2.24, 2.45) is 4.99 Å². The lowest BCUT2D eigenvalue weighted by Crippen LogP contribution is -2.40. The number of nitrogens with zero attached hydrogens (tertiary/aromatic N) is 2. The molecule has 232 valence electrons. The van der Waals surface area contributed by atoms with Gasteiger partial charge in [0, 0.05) is 16.3 Å². The van der Waals surface area contributed by atoms with E-state index in [1.165, 1.54) is 23.5 Å². The Labute approximate surface area is 273 Å². The maximum atomic E-state index is 14.2. The van der Waals surface area contributed by atoms with E-state index in [1.807, 2.05) is 49.4 Å². The molecular weight excluding hydrogens is 625 g/mol. The summed E-state index contributed by atoms with van der Waals surface area (Å²) in [6, 6.07) is 27.0. The molecule has 0 radical (unpaired) electrons. The fraction of sp³-hybridized carbons (Fsp3) is 0.139. The predicted molar refractivity (Wildman–Crippen MR) is 179 cm³/mol. The Balaban J connectivity index is 1.43. The average molecular weight is 654 g/mol. The lowest BCUT2D eigenvalue weighted by molar-refractivity contribution is -0.113. The molecule has 0 saturated heterocycles. The molecule has 0 saturated carbocycles. The van der Waals surface area contributed by atoms with Crippen molar-refractivity contribution in [2.75, 3.05) is 11.9 Å². The Kier molecular flexibility index (Phi) is 9.14. The van der Waals surface area contributed by atoms with Gasteiger partial charge in [-0.1, -0.05) is 65.4 Å². The Morgan fingerprint density at radius 1 is 1.02 bits per heavy atom. The number of para-hydroxylation sites is 1. The molecule has 1 amide bonds. The number of hydrogen-bond acceptors (Lipinski definition) is 6. The Bertz CT molecular complexity index is 2110. The molecule has 1 atom stereocenters. The molecule has 1 aromatic heterocycles. The van der Waals surface area contributed by atoms with Gasteiger partial charge in [0.1, 0.15) is 23.9 Å². The fourth-order valence-corrected chi connectivity index (χ4v) is 6.42. The second kappa shape index (κ2) is 13.6. The first-order valence-corrected chi connectivity index (χ1v) is 15.8. The summed E-state index contributed by atoms with van der Waals surface area (Å²) in [4.78, 5) is 33.2. The van der Waals surface area contributed by atoms with E-state index in [9.17, 15) is 14.0 Å². The highest BCUT2D eigenvalue weighted by molar-refractivity contribution is 7.07. The highest BCUT2D eigenvalue weighted by Crippen LogP contribution is 2.32. The van der Waals surface area contributed by atoms with Gasteiger partial charge >= 0.3 is 0 Å². The van der Waals surface area contributed by atoms with Gasteiger partial charge in [0.05, 0.1) is 28.5 Å². The van der Waals surface area contributed by atoms with E-state index in [-0.39, 0.29) is 23.9 Å². The number of carbonyl (C=O) groups is 1. The molecule has 6 rings (SSSR count). The number of thiazole rings is 1. The number of nitrogens with one attached hydrogen (secondary N) is 1. The van der Waals surface area contributed by atoms with E-state index in [0.717, 1.165) is 11.1 Å². The maximum absolute atomic E-state index is 14.2. The molecular formula is C36H29ClFN3O4S. The highest BCUT2D eigenvalue weighted by atomic mass is 35.5. The Hall–Kier alpha value is -4.99. The van der Waals surface area contributed by atoms with Gasteiger partial charge in [-0.15, -0.1) is 0 Å². The quantitative estimate of drug-likeness (QED) is 0.193. The number of halogens is 2. The number of hydrogen-bond donors (Lipinski definition) is 1. The van der Waals surface area contributed by atoms with Crippen molar-refractivity contribution in [1.29, 1.82) is 0 Å². The first-order valence-electron chi connectivity index (χ1n) is 14.6. The number of rotatable bonds is 9. The van der Waals surface area contributed by atoms with Crippen LogP contribution in [0.15, 0.2) is 118 Å². The molecule has 46 heavy (non-hydrogen) atoms. The first kappa shape index (κ1) is 31.0. The molecule has 7 nitrogen and oxygen atoms in total. The Morgan fingerprint density at radius 2 is 1.76 bits per heavy atom. The molecule has 1 N–H and O–H groups in total. The summed E-state index contributed by atoms with van der Waals surface area (Å²) < 4.78 is 27.0. The number of ether oxygens (including phenoxy) is 2. The number of amides is 1. The van der Waals surface area contributed by atoms with Crippen LogP contribution in [0.3, 0.4) is 0 Å². The van der Waals surface area contributed by atoms with Gasteiger partial charge < -0.3 is 14.8 Å². The van der Waals surface area contributed by atoms with Gasteiger partial charge in [-0.3, -0.25) is 14.2 Å². The number of allylic oxidation sites excluding steroid dienone is 1. The van der Waals surface area contributed by atoms with Crippen LogP contribution in [-0.4, -0.2) is 17.1 Å². The van der Waals surface area contributed by atoms with Crippen molar-refractivity contribution in [2.45, 2.75) is 26.5 Å². The molecule has 4 aromatic carbocycles. The lowest BCUT2D eigenvalue weighted by atomic mass is 9.95. The minimum absolute atomic E-state index is 0.195. The van der Waals surface area contributed by atoms with Crippen LogP contribution in [-0.2, 0) is 11.4 Å². The van der Waals surface area contributed by atoms with Crippen LogP contribution in [0.2, 0.25) is 5.02 Å². The number of fused-ring (bicyclic) bond motifs is 1. The second-order valence-electron chi connectivity index (χ2n) is 10.5. The summed E-state index contributed by atoms with van der Waals surface area (Å²) in [5.74, 6) is 0.503. The van der Waals surface area contributed by atoms with Gasteiger partial charge in [-0.2, -0.15) is 0 Å². The van der Waals surface area contributed by atoms with Crippen molar-refractivity contribution in [3.8, 4) is 11.5 Å². The minimum Gasteiger partial charge on any atom is -0.494 e. The van der Waals surface area contributed by atoms with E-state index in [2.05, 4.69) is 5.32 Å². The SMILES string of the molecule is CCOc1ccc([C@H]2C(C(=O)Nc3ccccc3)=C(C)N=c3s/c(=C\c4cc(Cl)ccc4OCc4ccc(F)cc4)c(=O)n32)cc1. The molecule has 2 heterocycles. The smallest absolute Gasteiger partial charge is 0.271 e. The number of aromatic nitrogens is 1. The van der Waals surface area contributed by atoms with E-state index < -0.39 is 6.04 Å². The van der Waals surface area contributed by atoms with Crippen molar-refractivity contribution < 1.29 is 18.7 Å². The lowest BCUT2D eigenvalue weighted by Gasteiger charge is -2.25. The molecule has 0 unspecified atom stereocenters. The third kappa shape index (κ3) is 6.66.